The van der Waals surface area contributed by atoms with E-state index in [9.17, 15) is 4.79 Å². The number of hydrogen-bond acceptors (Lipinski definition) is 5. The Balaban J connectivity index is 1.50. The Bertz CT molecular complexity index is 692. The second-order valence-corrected chi connectivity index (χ2v) is 9.71. The molecule has 0 bridgehead atoms. The van der Waals surface area contributed by atoms with Crippen LogP contribution in [0.15, 0.2) is 24.3 Å². The quantitative estimate of drug-likeness (QED) is 0.720. The third-order valence-electron chi connectivity index (χ3n) is 5.11. The first kappa shape index (κ1) is 22.0. The minimum absolute atomic E-state index is 0.0978. The summed E-state index contributed by atoms with van der Waals surface area (Å²) in [6.45, 7) is 13.2. The highest BCUT2D eigenvalue weighted by Gasteiger charge is 2.38. The fourth-order valence-electron chi connectivity index (χ4n) is 3.84. The SMILES string of the molecule is CC1CC(C)(C)OB(c2ccc(OC3CCN(C(=O)OC(C)(C)C)CC3)cc2)O1. The van der Waals surface area contributed by atoms with Crippen molar-refractivity contribution in [3.63, 3.8) is 0 Å². The summed E-state index contributed by atoms with van der Waals surface area (Å²) in [5.74, 6) is 0.826. The molecule has 0 radical (unpaired) electrons. The first-order valence-electron chi connectivity index (χ1n) is 10.6. The molecule has 160 valence electrons. The Labute approximate surface area is 175 Å². The predicted octanol–water partition coefficient (Wildman–Crippen LogP) is 3.76. The van der Waals surface area contributed by atoms with Crippen molar-refractivity contribution in [2.45, 2.75) is 84.2 Å². The second kappa shape index (κ2) is 8.56. The Kier molecular flexibility index (Phi) is 6.49. The monoisotopic (exact) mass is 403 g/mol. The number of amides is 1. The zero-order valence-corrected chi connectivity index (χ0v) is 18.6. The van der Waals surface area contributed by atoms with E-state index in [1.807, 2.05) is 45.0 Å². The summed E-state index contributed by atoms with van der Waals surface area (Å²) < 4.78 is 23.6. The van der Waals surface area contributed by atoms with Gasteiger partial charge in [0.2, 0.25) is 0 Å². The average molecular weight is 403 g/mol. The summed E-state index contributed by atoms with van der Waals surface area (Å²) in [5.41, 5.74) is 0.335. The van der Waals surface area contributed by atoms with Crippen LogP contribution in [0.2, 0.25) is 0 Å². The molecule has 2 heterocycles. The Morgan fingerprint density at radius 2 is 1.79 bits per heavy atom. The number of hydrogen-bond donors (Lipinski definition) is 0. The van der Waals surface area contributed by atoms with Gasteiger partial charge < -0.3 is 23.7 Å². The molecular weight excluding hydrogens is 369 g/mol. The molecule has 0 aromatic heterocycles. The van der Waals surface area contributed by atoms with Crippen molar-refractivity contribution >= 4 is 18.7 Å². The molecule has 7 heteroatoms. The van der Waals surface area contributed by atoms with Crippen LogP contribution in [0, 0.1) is 0 Å². The highest BCUT2D eigenvalue weighted by Crippen LogP contribution is 2.26. The average Bonchev–Trinajstić information content (AvgIpc) is 2.60. The van der Waals surface area contributed by atoms with Crippen LogP contribution in [0.1, 0.15) is 60.8 Å². The minimum atomic E-state index is -0.467. The van der Waals surface area contributed by atoms with Crippen molar-refractivity contribution in [3.8, 4) is 5.75 Å². The number of carbonyl (C=O) groups excluding carboxylic acids is 1. The highest BCUT2D eigenvalue weighted by atomic mass is 16.6. The molecule has 2 aliphatic heterocycles. The van der Waals surface area contributed by atoms with E-state index in [2.05, 4.69) is 20.8 Å². The number of piperidine rings is 1. The van der Waals surface area contributed by atoms with Crippen LogP contribution in [0.3, 0.4) is 0 Å². The van der Waals surface area contributed by atoms with Crippen molar-refractivity contribution in [1.29, 1.82) is 0 Å². The molecule has 2 fully saturated rings. The standard InChI is InChI=1S/C22H34BNO5/c1-16-15-22(5,6)29-23(28-16)17-7-9-18(10-8-17)26-19-11-13-24(14-12-19)20(25)27-21(2,3)4/h7-10,16,19H,11-15H2,1-6H3. The fraction of sp³-hybridized carbons (Fsp3) is 0.682. The Morgan fingerprint density at radius 1 is 1.17 bits per heavy atom. The normalized spacial score (nSPS) is 23.0. The van der Waals surface area contributed by atoms with Crippen molar-refractivity contribution < 1.29 is 23.6 Å². The van der Waals surface area contributed by atoms with Crippen molar-refractivity contribution in [2.24, 2.45) is 0 Å². The van der Waals surface area contributed by atoms with Gasteiger partial charge in [-0.25, -0.2) is 4.79 Å². The number of nitrogens with zero attached hydrogens (tertiary/aromatic N) is 1. The van der Waals surface area contributed by atoms with Gasteiger partial charge in [-0.3, -0.25) is 0 Å². The predicted molar refractivity (Wildman–Crippen MR) is 114 cm³/mol. The largest absolute Gasteiger partial charge is 0.494 e. The van der Waals surface area contributed by atoms with E-state index >= 15 is 0 Å². The molecule has 29 heavy (non-hydrogen) atoms. The lowest BCUT2D eigenvalue weighted by Crippen LogP contribution is -2.51. The molecule has 1 amide bonds. The number of likely N-dealkylation sites (tertiary alicyclic amines) is 1. The van der Waals surface area contributed by atoms with Crippen LogP contribution in [-0.2, 0) is 14.0 Å². The van der Waals surface area contributed by atoms with Crippen LogP contribution in [-0.4, -0.2) is 54.6 Å². The first-order chi connectivity index (χ1) is 13.5. The van der Waals surface area contributed by atoms with Crippen LogP contribution in [0.4, 0.5) is 4.79 Å². The lowest BCUT2D eigenvalue weighted by atomic mass is 9.75. The van der Waals surface area contributed by atoms with E-state index in [-0.39, 0.29) is 31.0 Å². The molecule has 0 aliphatic carbocycles. The Hall–Kier alpha value is -1.73. The summed E-state index contributed by atoms with van der Waals surface area (Å²) in [7, 11) is -0.347. The van der Waals surface area contributed by atoms with E-state index in [1.165, 1.54) is 0 Å². The molecule has 1 unspecified atom stereocenters. The topological polar surface area (TPSA) is 57.2 Å². The van der Waals surface area contributed by atoms with Crippen LogP contribution >= 0.6 is 0 Å². The van der Waals surface area contributed by atoms with Crippen molar-refractivity contribution in [2.75, 3.05) is 13.1 Å². The zero-order chi connectivity index (χ0) is 21.2. The van der Waals surface area contributed by atoms with Crippen molar-refractivity contribution in [3.05, 3.63) is 24.3 Å². The maximum atomic E-state index is 12.2. The van der Waals surface area contributed by atoms with E-state index < -0.39 is 5.60 Å². The number of benzene rings is 1. The molecule has 2 aliphatic rings. The molecular formula is C22H34BNO5. The molecule has 2 saturated heterocycles. The fourth-order valence-corrected chi connectivity index (χ4v) is 3.84. The number of rotatable bonds is 3. The first-order valence-corrected chi connectivity index (χ1v) is 10.6. The summed E-state index contributed by atoms with van der Waals surface area (Å²) in [6, 6.07) is 7.94. The van der Waals surface area contributed by atoms with Gasteiger partial charge in [0.25, 0.3) is 0 Å². The number of ether oxygens (including phenoxy) is 2. The summed E-state index contributed by atoms with van der Waals surface area (Å²) in [4.78, 5) is 13.9. The van der Waals surface area contributed by atoms with Gasteiger partial charge in [0, 0.05) is 32.0 Å². The van der Waals surface area contributed by atoms with Gasteiger partial charge in [-0.1, -0.05) is 12.1 Å². The van der Waals surface area contributed by atoms with E-state index in [4.69, 9.17) is 18.8 Å². The van der Waals surface area contributed by atoms with Gasteiger partial charge in [-0.05, 0) is 65.6 Å². The molecule has 6 nitrogen and oxygen atoms in total. The molecule has 1 aromatic rings. The van der Waals surface area contributed by atoms with Gasteiger partial charge in [-0.15, -0.1) is 0 Å². The summed E-state index contributed by atoms with van der Waals surface area (Å²) in [5, 5.41) is 0. The van der Waals surface area contributed by atoms with Gasteiger partial charge >= 0.3 is 13.2 Å². The maximum Gasteiger partial charge on any atom is 0.494 e. The van der Waals surface area contributed by atoms with Gasteiger partial charge in [0.05, 0.1) is 5.60 Å². The second-order valence-electron chi connectivity index (χ2n) is 9.71. The van der Waals surface area contributed by atoms with Crippen molar-refractivity contribution in [1.82, 2.24) is 4.90 Å². The molecule has 0 saturated carbocycles. The minimum Gasteiger partial charge on any atom is -0.490 e. The van der Waals surface area contributed by atoms with E-state index in [1.54, 1.807) is 4.90 Å². The molecule has 3 rings (SSSR count). The molecule has 1 aromatic carbocycles. The van der Waals surface area contributed by atoms with Gasteiger partial charge in [0.1, 0.15) is 17.5 Å². The highest BCUT2D eigenvalue weighted by molar-refractivity contribution is 6.61. The molecule has 1 atom stereocenters. The van der Waals surface area contributed by atoms with E-state index in [0.717, 1.165) is 30.5 Å². The Morgan fingerprint density at radius 3 is 2.34 bits per heavy atom. The maximum absolute atomic E-state index is 12.2. The van der Waals surface area contributed by atoms with Gasteiger partial charge in [0.15, 0.2) is 0 Å². The third kappa shape index (κ3) is 6.38. The number of carbonyl (C=O) groups is 1. The molecule has 0 N–H and O–H groups in total. The van der Waals surface area contributed by atoms with E-state index in [0.29, 0.717) is 13.1 Å². The lowest BCUT2D eigenvalue weighted by Gasteiger charge is -2.38. The van der Waals surface area contributed by atoms with Gasteiger partial charge in [-0.2, -0.15) is 0 Å². The molecule has 0 spiro atoms. The summed E-state index contributed by atoms with van der Waals surface area (Å²) >= 11 is 0. The van der Waals surface area contributed by atoms with Crippen LogP contribution in [0.5, 0.6) is 5.75 Å². The third-order valence-corrected chi connectivity index (χ3v) is 5.11. The van der Waals surface area contributed by atoms with Crippen LogP contribution in [0.25, 0.3) is 0 Å². The summed E-state index contributed by atoms with van der Waals surface area (Å²) in [6.07, 6.45) is 2.48. The van der Waals surface area contributed by atoms with Crippen LogP contribution < -0.4 is 10.2 Å². The zero-order valence-electron chi connectivity index (χ0n) is 18.6. The smallest absolute Gasteiger partial charge is 0.490 e. The lowest BCUT2D eigenvalue weighted by molar-refractivity contribution is -0.0229.